The first-order valence-electron chi connectivity index (χ1n) is 6.87. The molecule has 0 unspecified atom stereocenters. The van der Waals surface area contributed by atoms with Gasteiger partial charge in [0.15, 0.2) is 0 Å². The summed E-state index contributed by atoms with van der Waals surface area (Å²) >= 11 is 0. The normalized spacial score (nSPS) is 10.7. The summed E-state index contributed by atoms with van der Waals surface area (Å²) in [6, 6.07) is 6.75. The van der Waals surface area contributed by atoms with Crippen LogP contribution in [0.5, 0.6) is 0 Å². The molecule has 0 saturated heterocycles. The molecule has 0 amide bonds. The van der Waals surface area contributed by atoms with Gasteiger partial charge in [-0.25, -0.2) is 0 Å². The van der Waals surface area contributed by atoms with E-state index in [1.54, 1.807) is 11.1 Å². The summed E-state index contributed by atoms with van der Waals surface area (Å²) in [6.45, 7) is 6.78. The van der Waals surface area contributed by atoms with Crippen molar-refractivity contribution in [1.82, 2.24) is 0 Å². The van der Waals surface area contributed by atoms with Gasteiger partial charge in [-0.15, -0.1) is 0 Å². The molecule has 0 aliphatic carbocycles. The minimum absolute atomic E-state index is 1.18. The highest BCUT2D eigenvalue weighted by atomic mass is 14.1. The zero-order valence-corrected chi connectivity index (χ0v) is 11.2. The number of hydrogen-bond acceptors (Lipinski definition) is 0. The van der Waals surface area contributed by atoms with Gasteiger partial charge in [-0.1, -0.05) is 57.7 Å². The monoisotopic (exact) mass is 218 g/mol. The van der Waals surface area contributed by atoms with Crippen LogP contribution in [0.15, 0.2) is 18.2 Å². The Morgan fingerprint density at radius 1 is 0.938 bits per heavy atom. The number of hydrogen-bond donors (Lipinski definition) is 0. The van der Waals surface area contributed by atoms with Crippen molar-refractivity contribution in [2.75, 3.05) is 0 Å². The maximum atomic E-state index is 2.31. The largest absolute Gasteiger partial charge is 0.0654 e. The summed E-state index contributed by atoms with van der Waals surface area (Å²) in [7, 11) is 0. The van der Waals surface area contributed by atoms with Crippen LogP contribution in [0, 0.1) is 6.92 Å². The Morgan fingerprint density at radius 3 is 2.38 bits per heavy atom. The number of aryl methyl sites for hydroxylation is 2. The fourth-order valence-corrected chi connectivity index (χ4v) is 2.42. The Balaban J connectivity index is 2.44. The summed E-state index contributed by atoms with van der Waals surface area (Å²) < 4.78 is 0. The first-order chi connectivity index (χ1) is 7.79. The minimum atomic E-state index is 1.18. The molecule has 16 heavy (non-hydrogen) atoms. The van der Waals surface area contributed by atoms with Gasteiger partial charge < -0.3 is 0 Å². The van der Waals surface area contributed by atoms with Crippen LogP contribution < -0.4 is 0 Å². The van der Waals surface area contributed by atoms with Crippen molar-refractivity contribution in [2.45, 2.75) is 65.7 Å². The molecule has 0 atom stereocenters. The highest BCUT2D eigenvalue weighted by Gasteiger charge is 2.02. The Hall–Kier alpha value is -0.780. The maximum absolute atomic E-state index is 2.31. The third kappa shape index (κ3) is 4.00. The first-order valence-corrected chi connectivity index (χ1v) is 6.87. The van der Waals surface area contributed by atoms with Crippen molar-refractivity contribution in [2.24, 2.45) is 0 Å². The van der Waals surface area contributed by atoms with Crippen molar-refractivity contribution >= 4 is 0 Å². The fourth-order valence-electron chi connectivity index (χ4n) is 2.42. The molecular weight excluding hydrogens is 192 g/mol. The van der Waals surface area contributed by atoms with Gasteiger partial charge in [0, 0.05) is 0 Å². The fraction of sp³-hybridized carbons (Fsp3) is 0.625. The number of benzene rings is 1. The first kappa shape index (κ1) is 13.3. The zero-order chi connectivity index (χ0) is 11.8. The molecule has 0 fully saturated rings. The zero-order valence-electron chi connectivity index (χ0n) is 11.2. The van der Waals surface area contributed by atoms with Crippen LogP contribution in [0.3, 0.4) is 0 Å². The molecular formula is C16H26. The molecule has 0 nitrogen and oxygen atoms in total. The number of rotatable bonds is 7. The Bertz CT molecular complexity index is 299. The topological polar surface area (TPSA) is 0 Å². The van der Waals surface area contributed by atoms with Crippen molar-refractivity contribution in [3.63, 3.8) is 0 Å². The average molecular weight is 218 g/mol. The Kier molecular flexibility index (Phi) is 6.22. The van der Waals surface area contributed by atoms with Gasteiger partial charge in [0.25, 0.3) is 0 Å². The molecule has 0 aliphatic rings. The SMILES string of the molecule is CCCCCCCc1cccc(C)c1CC. The maximum Gasteiger partial charge on any atom is -0.0276 e. The molecule has 0 heterocycles. The summed E-state index contributed by atoms with van der Waals surface area (Å²) in [5.74, 6) is 0. The van der Waals surface area contributed by atoms with E-state index in [1.807, 2.05) is 0 Å². The summed E-state index contributed by atoms with van der Waals surface area (Å²) in [5.41, 5.74) is 4.63. The predicted octanol–water partition coefficient (Wildman–Crippen LogP) is 5.07. The second-order valence-electron chi connectivity index (χ2n) is 4.73. The van der Waals surface area contributed by atoms with E-state index in [1.165, 1.54) is 50.5 Å². The highest BCUT2D eigenvalue weighted by molar-refractivity contribution is 5.34. The molecule has 0 N–H and O–H groups in total. The minimum Gasteiger partial charge on any atom is -0.0654 e. The summed E-state index contributed by atoms with van der Waals surface area (Å²) in [4.78, 5) is 0. The molecule has 1 rings (SSSR count). The van der Waals surface area contributed by atoms with Gasteiger partial charge in [0.05, 0.1) is 0 Å². The second-order valence-corrected chi connectivity index (χ2v) is 4.73. The van der Waals surface area contributed by atoms with E-state index >= 15 is 0 Å². The van der Waals surface area contributed by atoms with Crippen LogP contribution in [-0.2, 0) is 12.8 Å². The Labute approximate surface area is 101 Å². The molecule has 1 aromatic carbocycles. The van der Waals surface area contributed by atoms with E-state index < -0.39 is 0 Å². The van der Waals surface area contributed by atoms with Gasteiger partial charge in [-0.3, -0.25) is 0 Å². The van der Waals surface area contributed by atoms with E-state index in [4.69, 9.17) is 0 Å². The van der Waals surface area contributed by atoms with Gasteiger partial charge in [0.1, 0.15) is 0 Å². The van der Waals surface area contributed by atoms with Crippen LogP contribution in [-0.4, -0.2) is 0 Å². The lowest BCUT2D eigenvalue weighted by Gasteiger charge is -2.10. The smallest absolute Gasteiger partial charge is 0.0276 e. The lowest BCUT2D eigenvalue weighted by Crippen LogP contribution is -1.96. The molecule has 0 radical (unpaired) electrons. The third-order valence-electron chi connectivity index (χ3n) is 3.41. The van der Waals surface area contributed by atoms with Crippen LogP contribution in [0.4, 0.5) is 0 Å². The van der Waals surface area contributed by atoms with E-state index in [-0.39, 0.29) is 0 Å². The average Bonchev–Trinajstić information content (AvgIpc) is 2.29. The van der Waals surface area contributed by atoms with E-state index in [9.17, 15) is 0 Å². The van der Waals surface area contributed by atoms with Gasteiger partial charge in [0.2, 0.25) is 0 Å². The van der Waals surface area contributed by atoms with E-state index in [0.717, 1.165) is 0 Å². The molecule has 0 saturated carbocycles. The standard InChI is InChI=1S/C16H26/c1-4-6-7-8-9-12-15-13-10-11-14(3)16(15)5-2/h10-11,13H,4-9,12H2,1-3H3. The molecule has 0 aliphatic heterocycles. The van der Waals surface area contributed by atoms with Crippen LogP contribution >= 0.6 is 0 Å². The quantitative estimate of drug-likeness (QED) is 0.560. The molecule has 1 aromatic rings. The molecule has 0 aromatic heterocycles. The van der Waals surface area contributed by atoms with Crippen molar-refractivity contribution in [3.05, 3.63) is 34.9 Å². The predicted molar refractivity (Wildman–Crippen MR) is 73.0 cm³/mol. The van der Waals surface area contributed by atoms with Gasteiger partial charge in [-0.2, -0.15) is 0 Å². The highest BCUT2D eigenvalue weighted by Crippen LogP contribution is 2.17. The lowest BCUT2D eigenvalue weighted by atomic mass is 9.95. The van der Waals surface area contributed by atoms with Crippen molar-refractivity contribution < 1.29 is 0 Å². The molecule has 90 valence electrons. The van der Waals surface area contributed by atoms with E-state index in [0.29, 0.717) is 0 Å². The molecule has 0 bridgehead atoms. The Morgan fingerprint density at radius 2 is 1.69 bits per heavy atom. The van der Waals surface area contributed by atoms with Crippen LogP contribution in [0.2, 0.25) is 0 Å². The van der Waals surface area contributed by atoms with Gasteiger partial charge in [-0.05, 0) is 42.9 Å². The lowest BCUT2D eigenvalue weighted by molar-refractivity contribution is 0.631. The molecule has 0 heteroatoms. The third-order valence-corrected chi connectivity index (χ3v) is 3.41. The van der Waals surface area contributed by atoms with Crippen LogP contribution in [0.1, 0.15) is 62.6 Å². The van der Waals surface area contributed by atoms with Crippen LogP contribution in [0.25, 0.3) is 0 Å². The summed E-state index contributed by atoms with van der Waals surface area (Å²) in [6.07, 6.45) is 9.34. The molecule has 0 spiro atoms. The van der Waals surface area contributed by atoms with Gasteiger partial charge >= 0.3 is 0 Å². The summed E-state index contributed by atoms with van der Waals surface area (Å²) in [5, 5.41) is 0. The van der Waals surface area contributed by atoms with Crippen molar-refractivity contribution in [3.8, 4) is 0 Å². The second kappa shape index (κ2) is 7.49. The van der Waals surface area contributed by atoms with E-state index in [2.05, 4.69) is 39.0 Å². The number of unbranched alkanes of at least 4 members (excludes halogenated alkanes) is 4. The van der Waals surface area contributed by atoms with Crippen molar-refractivity contribution in [1.29, 1.82) is 0 Å².